The zero-order valence-electron chi connectivity index (χ0n) is 10.2. The minimum Gasteiger partial charge on any atom is -0.489 e. The van der Waals surface area contributed by atoms with Gasteiger partial charge in [0, 0.05) is 4.47 Å². The van der Waals surface area contributed by atoms with Crippen LogP contribution in [0.25, 0.3) is 0 Å². The highest BCUT2D eigenvalue weighted by Crippen LogP contribution is 2.18. The fourth-order valence-electron chi connectivity index (χ4n) is 1.30. The van der Waals surface area contributed by atoms with E-state index in [1.807, 2.05) is 56.3 Å². The van der Waals surface area contributed by atoms with Crippen LogP contribution in [-0.4, -0.2) is 0 Å². The molecule has 0 fully saturated rings. The van der Waals surface area contributed by atoms with Crippen molar-refractivity contribution in [1.29, 1.82) is 0 Å². The molecule has 0 spiro atoms. The van der Waals surface area contributed by atoms with Crippen LogP contribution >= 0.6 is 15.9 Å². The van der Waals surface area contributed by atoms with E-state index in [4.69, 9.17) is 4.74 Å². The number of benzene rings is 2. The Labute approximate surface area is 112 Å². The Balaban J connectivity index is 0.000000686. The van der Waals surface area contributed by atoms with Gasteiger partial charge in [-0.3, -0.25) is 0 Å². The molecule has 0 bridgehead atoms. The summed E-state index contributed by atoms with van der Waals surface area (Å²) in [4.78, 5) is 0. The first kappa shape index (κ1) is 13.8. The fraction of sp³-hybridized carbons (Fsp3) is 0.200. The van der Waals surface area contributed by atoms with E-state index in [0.29, 0.717) is 6.61 Å². The predicted octanol–water partition coefficient (Wildman–Crippen LogP) is 5.05. The van der Waals surface area contributed by atoms with Gasteiger partial charge in [0.2, 0.25) is 0 Å². The highest BCUT2D eigenvalue weighted by atomic mass is 79.9. The monoisotopic (exact) mass is 292 g/mol. The summed E-state index contributed by atoms with van der Waals surface area (Å²) >= 11 is 3.41. The lowest BCUT2D eigenvalue weighted by atomic mass is 10.2. The van der Waals surface area contributed by atoms with Gasteiger partial charge in [-0.25, -0.2) is 0 Å². The van der Waals surface area contributed by atoms with Crippen molar-refractivity contribution in [2.24, 2.45) is 0 Å². The van der Waals surface area contributed by atoms with Crippen LogP contribution < -0.4 is 4.74 Å². The summed E-state index contributed by atoms with van der Waals surface area (Å²) in [5.41, 5.74) is 1.18. The molecule has 0 aliphatic carbocycles. The van der Waals surface area contributed by atoms with Gasteiger partial charge in [-0.2, -0.15) is 0 Å². The highest BCUT2D eigenvalue weighted by molar-refractivity contribution is 9.10. The molecular weight excluding hydrogens is 276 g/mol. The van der Waals surface area contributed by atoms with Crippen LogP contribution in [-0.2, 0) is 6.61 Å². The van der Waals surface area contributed by atoms with Gasteiger partial charge >= 0.3 is 0 Å². The third-order valence-electron chi connectivity index (χ3n) is 2.04. The Morgan fingerprint density at radius 1 is 0.941 bits per heavy atom. The summed E-state index contributed by atoms with van der Waals surface area (Å²) in [5, 5.41) is 0. The van der Waals surface area contributed by atoms with E-state index in [-0.39, 0.29) is 0 Å². The molecule has 90 valence electrons. The van der Waals surface area contributed by atoms with Gasteiger partial charge in [0.05, 0.1) is 0 Å². The molecule has 0 aliphatic heterocycles. The second-order valence-electron chi connectivity index (χ2n) is 3.23. The van der Waals surface area contributed by atoms with Gasteiger partial charge in [-0.15, -0.1) is 0 Å². The van der Waals surface area contributed by atoms with Crippen LogP contribution in [0.5, 0.6) is 5.75 Å². The second kappa shape index (κ2) is 7.91. The summed E-state index contributed by atoms with van der Waals surface area (Å²) in [6, 6.07) is 18.0. The van der Waals surface area contributed by atoms with Crippen LogP contribution in [0.2, 0.25) is 0 Å². The molecule has 0 saturated carbocycles. The summed E-state index contributed by atoms with van der Waals surface area (Å²) in [5.74, 6) is 0.883. The zero-order valence-corrected chi connectivity index (χ0v) is 11.8. The molecular formula is C15H17BrO. The maximum Gasteiger partial charge on any atom is 0.120 e. The molecule has 2 aromatic carbocycles. The van der Waals surface area contributed by atoms with E-state index in [9.17, 15) is 0 Å². The summed E-state index contributed by atoms with van der Waals surface area (Å²) in [6.45, 7) is 4.61. The largest absolute Gasteiger partial charge is 0.489 e. The van der Waals surface area contributed by atoms with Gasteiger partial charge in [0.1, 0.15) is 12.4 Å². The second-order valence-corrected chi connectivity index (χ2v) is 4.15. The van der Waals surface area contributed by atoms with Crippen LogP contribution in [0, 0.1) is 0 Å². The van der Waals surface area contributed by atoms with E-state index in [1.165, 1.54) is 5.56 Å². The van der Waals surface area contributed by atoms with Crippen molar-refractivity contribution < 1.29 is 4.74 Å². The van der Waals surface area contributed by atoms with E-state index in [1.54, 1.807) is 0 Å². The van der Waals surface area contributed by atoms with Crippen molar-refractivity contribution in [2.75, 3.05) is 0 Å². The Kier molecular flexibility index (Phi) is 6.41. The third-order valence-corrected chi connectivity index (χ3v) is 2.54. The normalized spacial score (nSPS) is 9.12. The van der Waals surface area contributed by atoms with Crippen molar-refractivity contribution >= 4 is 15.9 Å². The lowest BCUT2D eigenvalue weighted by Gasteiger charge is -2.06. The van der Waals surface area contributed by atoms with Crippen molar-refractivity contribution in [1.82, 2.24) is 0 Å². The molecule has 0 N–H and O–H groups in total. The fourth-order valence-corrected chi connectivity index (χ4v) is 1.68. The molecule has 0 saturated heterocycles. The average molecular weight is 293 g/mol. The number of ether oxygens (including phenoxy) is 1. The topological polar surface area (TPSA) is 9.23 Å². The molecule has 0 unspecified atom stereocenters. The highest BCUT2D eigenvalue weighted by Gasteiger charge is 1.95. The standard InChI is InChI=1S/C13H11BrO.C2H6/c14-12-7-4-8-13(9-12)15-10-11-5-2-1-3-6-11;1-2/h1-9H,10H2;1-2H3. The van der Waals surface area contributed by atoms with Crippen molar-refractivity contribution in [3.05, 3.63) is 64.6 Å². The molecule has 0 radical (unpaired) electrons. The Morgan fingerprint density at radius 2 is 1.65 bits per heavy atom. The van der Waals surface area contributed by atoms with E-state index in [0.717, 1.165) is 10.2 Å². The van der Waals surface area contributed by atoms with Crippen molar-refractivity contribution in [3.8, 4) is 5.75 Å². The molecule has 17 heavy (non-hydrogen) atoms. The molecule has 2 aromatic rings. The number of hydrogen-bond donors (Lipinski definition) is 0. The minimum atomic E-state index is 0.608. The molecule has 1 nitrogen and oxygen atoms in total. The maximum atomic E-state index is 5.64. The maximum absolute atomic E-state index is 5.64. The lowest BCUT2D eigenvalue weighted by molar-refractivity contribution is 0.306. The first-order chi connectivity index (χ1) is 8.34. The van der Waals surface area contributed by atoms with Gasteiger partial charge in [0.15, 0.2) is 0 Å². The molecule has 0 heterocycles. The molecule has 0 aromatic heterocycles. The molecule has 0 amide bonds. The summed E-state index contributed by atoms with van der Waals surface area (Å²) in [7, 11) is 0. The van der Waals surface area contributed by atoms with Gasteiger partial charge in [-0.05, 0) is 23.8 Å². The van der Waals surface area contributed by atoms with E-state index in [2.05, 4.69) is 28.1 Å². The Morgan fingerprint density at radius 3 is 2.29 bits per heavy atom. The first-order valence-electron chi connectivity index (χ1n) is 5.77. The Bertz CT molecular complexity index is 426. The number of halogens is 1. The van der Waals surface area contributed by atoms with Crippen LogP contribution in [0.3, 0.4) is 0 Å². The van der Waals surface area contributed by atoms with Crippen LogP contribution in [0.1, 0.15) is 19.4 Å². The molecule has 0 aliphatic rings. The number of rotatable bonds is 3. The van der Waals surface area contributed by atoms with Gasteiger partial charge in [0.25, 0.3) is 0 Å². The van der Waals surface area contributed by atoms with Crippen molar-refractivity contribution in [2.45, 2.75) is 20.5 Å². The van der Waals surface area contributed by atoms with Gasteiger partial charge < -0.3 is 4.74 Å². The van der Waals surface area contributed by atoms with E-state index >= 15 is 0 Å². The summed E-state index contributed by atoms with van der Waals surface area (Å²) in [6.07, 6.45) is 0. The minimum absolute atomic E-state index is 0.608. The molecule has 2 heteroatoms. The Hall–Kier alpha value is -1.28. The van der Waals surface area contributed by atoms with Crippen LogP contribution in [0.4, 0.5) is 0 Å². The molecule has 2 rings (SSSR count). The zero-order chi connectivity index (χ0) is 12.5. The summed E-state index contributed by atoms with van der Waals surface area (Å²) < 4.78 is 6.68. The SMILES string of the molecule is Brc1cccc(OCc2ccccc2)c1.CC. The molecule has 0 atom stereocenters. The van der Waals surface area contributed by atoms with Crippen LogP contribution in [0.15, 0.2) is 59.1 Å². The first-order valence-corrected chi connectivity index (χ1v) is 6.56. The smallest absolute Gasteiger partial charge is 0.120 e. The quantitative estimate of drug-likeness (QED) is 0.769. The lowest BCUT2D eigenvalue weighted by Crippen LogP contribution is -1.94. The van der Waals surface area contributed by atoms with E-state index < -0.39 is 0 Å². The van der Waals surface area contributed by atoms with Gasteiger partial charge in [-0.1, -0.05) is 66.2 Å². The van der Waals surface area contributed by atoms with Crippen molar-refractivity contribution in [3.63, 3.8) is 0 Å². The average Bonchev–Trinajstić information content (AvgIpc) is 2.40. The third kappa shape index (κ3) is 5.05. The predicted molar refractivity (Wildman–Crippen MR) is 76.3 cm³/mol. The number of hydrogen-bond acceptors (Lipinski definition) is 1.